The van der Waals surface area contributed by atoms with Crippen LogP contribution in [0.1, 0.15) is 18.5 Å². The molecule has 2 amide bonds. The van der Waals surface area contributed by atoms with Gasteiger partial charge >= 0.3 is 12.0 Å². The normalized spacial score (nSPS) is 18.9. The Hall–Kier alpha value is -2.01. The molecule has 1 atom stereocenters. The lowest BCUT2D eigenvalue weighted by molar-refractivity contribution is -0.136. The lowest BCUT2D eigenvalue weighted by Crippen LogP contribution is -2.46. The van der Waals surface area contributed by atoms with E-state index in [-0.39, 0.29) is 6.03 Å². The van der Waals surface area contributed by atoms with Crippen LogP contribution in [0.5, 0.6) is 0 Å². The van der Waals surface area contributed by atoms with Gasteiger partial charge in [0.2, 0.25) is 0 Å². The molecule has 5 nitrogen and oxygen atoms in total. The summed E-state index contributed by atoms with van der Waals surface area (Å²) in [7, 11) is 2.90. The van der Waals surface area contributed by atoms with Gasteiger partial charge in [-0.1, -0.05) is 29.8 Å². The average Bonchev–Trinajstić information content (AvgIpc) is 2.44. The van der Waals surface area contributed by atoms with E-state index in [0.29, 0.717) is 21.9 Å². The molecule has 0 radical (unpaired) electrons. The molecule has 0 saturated carbocycles. The van der Waals surface area contributed by atoms with Crippen LogP contribution in [0, 0.1) is 0 Å². The van der Waals surface area contributed by atoms with Gasteiger partial charge in [0, 0.05) is 17.8 Å². The summed E-state index contributed by atoms with van der Waals surface area (Å²) in [6.45, 7) is 1.70. The topological polar surface area (TPSA) is 58.6 Å². The van der Waals surface area contributed by atoms with Crippen LogP contribution in [-0.2, 0) is 9.53 Å². The van der Waals surface area contributed by atoms with Crippen LogP contribution < -0.4 is 5.32 Å². The Bertz CT molecular complexity index is 598. The maximum absolute atomic E-state index is 12.0. The first-order valence-corrected chi connectivity index (χ1v) is 6.43. The summed E-state index contributed by atoms with van der Waals surface area (Å²) in [5, 5.41) is 3.25. The average molecular weight is 295 g/mol. The number of benzene rings is 1. The van der Waals surface area contributed by atoms with Crippen LogP contribution >= 0.6 is 11.6 Å². The summed E-state index contributed by atoms with van der Waals surface area (Å²) < 4.78 is 4.82. The molecule has 1 N–H and O–H groups in total. The van der Waals surface area contributed by atoms with Gasteiger partial charge in [0.05, 0.1) is 18.7 Å². The van der Waals surface area contributed by atoms with Gasteiger partial charge in [0.15, 0.2) is 0 Å². The number of ether oxygens (including phenoxy) is 1. The van der Waals surface area contributed by atoms with E-state index >= 15 is 0 Å². The summed E-state index contributed by atoms with van der Waals surface area (Å²) in [5.74, 6) is -0.487. The maximum atomic E-state index is 12.0. The first-order valence-electron chi connectivity index (χ1n) is 6.05. The van der Waals surface area contributed by atoms with Crippen molar-refractivity contribution in [3.8, 4) is 0 Å². The largest absolute Gasteiger partial charge is 0.466 e. The highest BCUT2D eigenvalue weighted by molar-refractivity contribution is 6.31. The van der Waals surface area contributed by atoms with E-state index in [1.807, 2.05) is 0 Å². The zero-order chi connectivity index (χ0) is 14.9. The third kappa shape index (κ3) is 2.36. The Morgan fingerprint density at radius 1 is 1.40 bits per heavy atom. The number of nitrogens with one attached hydrogen (secondary N) is 1. The van der Waals surface area contributed by atoms with E-state index < -0.39 is 12.0 Å². The SMILES string of the molecule is COC(=O)C1=C(C)N(C)C(=O)N[C@@H]1c1ccccc1Cl. The number of rotatable bonds is 2. The number of esters is 1. The number of methoxy groups -OCH3 is 1. The third-order valence-electron chi connectivity index (χ3n) is 3.38. The molecule has 0 fully saturated rings. The Kier molecular flexibility index (Phi) is 3.99. The number of hydrogen-bond donors (Lipinski definition) is 1. The molecule has 1 aliphatic heterocycles. The number of urea groups is 1. The number of nitrogens with zero attached hydrogens (tertiary/aromatic N) is 1. The zero-order valence-corrected chi connectivity index (χ0v) is 12.2. The van der Waals surface area contributed by atoms with Gasteiger partial charge < -0.3 is 15.0 Å². The van der Waals surface area contributed by atoms with E-state index in [4.69, 9.17) is 16.3 Å². The van der Waals surface area contributed by atoms with Gasteiger partial charge in [0.25, 0.3) is 0 Å². The van der Waals surface area contributed by atoms with Crippen molar-refractivity contribution in [1.29, 1.82) is 0 Å². The summed E-state index contributed by atoms with van der Waals surface area (Å²) in [5.41, 5.74) is 1.59. The predicted molar refractivity (Wildman–Crippen MR) is 75.2 cm³/mol. The second-order valence-corrected chi connectivity index (χ2v) is 4.86. The van der Waals surface area contributed by atoms with Crippen LogP contribution in [0.15, 0.2) is 35.5 Å². The number of halogens is 1. The van der Waals surface area contributed by atoms with Gasteiger partial charge in [-0.2, -0.15) is 0 Å². The second kappa shape index (κ2) is 5.54. The number of allylic oxidation sites excluding steroid dienone is 1. The minimum atomic E-state index is -0.611. The van der Waals surface area contributed by atoms with E-state index in [1.54, 1.807) is 38.2 Å². The quantitative estimate of drug-likeness (QED) is 0.853. The Morgan fingerprint density at radius 2 is 2.05 bits per heavy atom. The smallest absolute Gasteiger partial charge is 0.337 e. The molecule has 6 heteroatoms. The van der Waals surface area contributed by atoms with Crippen molar-refractivity contribution in [2.24, 2.45) is 0 Å². The lowest BCUT2D eigenvalue weighted by Gasteiger charge is -2.33. The molecule has 2 rings (SSSR count). The molecule has 0 bridgehead atoms. The number of hydrogen-bond acceptors (Lipinski definition) is 3. The fourth-order valence-electron chi connectivity index (χ4n) is 2.15. The van der Waals surface area contributed by atoms with E-state index in [9.17, 15) is 9.59 Å². The lowest BCUT2D eigenvalue weighted by atomic mass is 9.95. The summed E-state index contributed by atoms with van der Waals surface area (Å²) in [4.78, 5) is 25.3. The standard InChI is InChI=1S/C14H15ClN2O3/c1-8-11(13(18)20-3)12(16-14(19)17(8)2)9-6-4-5-7-10(9)15/h4-7,12H,1-3H3,(H,16,19)/t12-/m1/s1. The number of carbonyl (C=O) groups is 2. The minimum absolute atomic E-state index is 0.292. The summed E-state index contributed by atoms with van der Waals surface area (Å²) in [6, 6.07) is 6.17. The molecule has 0 spiro atoms. The number of amides is 2. The minimum Gasteiger partial charge on any atom is -0.466 e. The monoisotopic (exact) mass is 294 g/mol. The van der Waals surface area contributed by atoms with E-state index in [1.165, 1.54) is 12.0 Å². The van der Waals surface area contributed by atoms with Crippen molar-refractivity contribution >= 4 is 23.6 Å². The number of carbonyl (C=O) groups excluding carboxylic acids is 2. The molecule has 0 aliphatic carbocycles. The van der Waals surface area contributed by atoms with Crippen LogP contribution in [0.2, 0.25) is 5.02 Å². The summed E-state index contributed by atoms with van der Waals surface area (Å²) in [6.07, 6.45) is 0. The third-order valence-corrected chi connectivity index (χ3v) is 3.72. The van der Waals surface area contributed by atoms with Crippen LogP contribution in [0.3, 0.4) is 0 Å². The predicted octanol–water partition coefficient (Wildman–Crippen LogP) is 2.48. The molecular weight excluding hydrogens is 280 g/mol. The second-order valence-electron chi connectivity index (χ2n) is 4.45. The molecular formula is C14H15ClN2O3. The molecule has 20 heavy (non-hydrogen) atoms. The first kappa shape index (κ1) is 14.4. The van der Waals surface area contributed by atoms with Crippen molar-refractivity contribution in [3.05, 3.63) is 46.1 Å². The van der Waals surface area contributed by atoms with Crippen molar-refractivity contribution in [2.75, 3.05) is 14.2 Å². The van der Waals surface area contributed by atoms with Crippen molar-refractivity contribution < 1.29 is 14.3 Å². The molecule has 106 valence electrons. The highest BCUT2D eigenvalue weighted by Crippen LogP contribution is 2.33. The fraction of sp³-hybridized carbons (Fsp3) is 0.286. The molecule has 1 aromatic rings. The molecule has 1 aliphatic rings. The van der Waals surface area contributed by atoms with Crippen LogP contribution in [0.25, 0.3) is 0 Å². The van der Waals surface area contributed by atoms with Gasteiger partial charge in [-0.25, -0.2) is 9.59 Å². The Balaban J connectivity index is 2.58. The first-order chi connectivity index (χ1) is 9.47. The highest BCUT2D eigenvalue weighted by atomic mass is 35.5. The van der Waals surface area contributed by atoms with Crippen molar-refractivity contribution in [3.63, 3.8) is 0 Å². The van der Waals surface area contributed by atoms with Gasteiger partial charge in [-0.15, -0.1) is 0 Å². The zero-order valence-electron chi connectivity index (χ0n) is 11.4. The van der Waals surface area contributed by atoms with Gasteiger partial charge in [-0.3, -0.25) is 0 Å². The van der Waals surface area contributed by atoms with Crippen LogP contribution in [-0.4, -0.2) is 31.1 Å². The van der Waals surface area contributed by atoms with Crippen molar-refractivity contribution in [1.82, 2.24) is 10.2 Å². The molecule has 1 aromatic carbocycles. The molecule has 0 unspecified atom stereocenters. The van der Waals surface area contributed by atoms with Gasteiger partial charge in [0.1, 0.15) is 0 Å². The maximum Gasteiger partial charge on any atom is 0.337 e. The highest BCUT2D eigenvalue weighted by Gasteiger charge is 2.35. The fourth-order valence-corrected chi connectivity index (χ4v) is 2.40. The van der Waals surface area contributed by atoms with E-state index in [2.05, 4.69) is 5.32 Å². The Morgan fingerprint density at radius 3 is 2.65 bits per heavy atom. The summed E-state index contributed by atoms with van der Waals surface area (Å²) >= 11 is 6.16. The van der Waals surface area contributed by atoms with E-state index in [0.717, 1.165) is 0 Å². The molecule has 1 heterocycles. The Labute approximate surface area is 122 Å². The van der Waals surface area contributed by atoms with Crippen molar-refractivity contribution in [2.45, 2.75) is 13.0 Å². The molecule has 0 aromatic heterocycles. The van der Waals surface area contributed by atoms with Crippen LogP contribution in [0.4, 0.5) is 4.79 Å². The van der Waals surface area contributed by atoms with Gasteiger partial charge in [-0.05, 0) is 18.6 Å². The molecule has 0 saturated heterocycles.